The van der Waals surface area contributed by atoms with E-state index in [1.165, 1.54) is 12.2 Å². The molecule has 0 aromatic heterocycles. The van der Waals surface area contributed by atoms with E-state index in [9.17, 15) is 17.6 Å². The molecule has 0 amide bonds. The zero-order valence-corrected chi connectivity index (χ0v) is 11.4. The minimum atomic E-state index is -1.55. The normalized spacial score (nSPS) is 26.5. The van der Waals surface area contributed by atoms with Crippen LogP contribution in [0.5, 0.6) is 0 Å². The van der Waals surface area contributed by atoms with Gasteiger partial charge in [0.1, 0.15) is 6.17 Å². The van der Waals surface area contributed by atoms with E-state index in [1.807, 2.05) is 0 Å². The number of halogens is 4. The van der Waals surface area contributed by atoms with Crippen molar-refractivity contribution < 1.29 is 17.6 Å². The summed E-state index contributed by atoms with van der Waals surface area (Å²) in [5.41, 5.74) is 1.01. The summed E-state index contributed by atoms with van der Waals surface area (Å²) in [5.74, 6) is -4.12. The topological polar surface area (TPSA) is 3.24 Å². The Kier molecular flexibility index (Phi) is 2.79. The molecule has 0 radical (unpaired) electrons. The third kappa shape index (κ3) is 1.65. The Balaban J connectivity index is 1.80. The Morgan fingerprint density at radius 2 is 1.68 bits per heavy atom. The molecule has 5 heteroatoms. The maximum atomic E-state index is 14.3. The maximum Gasteiger partial charge on any atom is 0.229 e. The molecule has 2 aliphatic carbocycles. The molecule has 0 saturated heterocycles. The van der Waals surface area contributed by atoms with Crippen LogP contribution < -0.4 is 0 Å². The number of benzene rings is 1. The first kappa shape index (κ1) is 13.4. The molecule has 1 aromatic carbocycles. The average molecular weight is 305 g/mol. The van der Waals surface area contributed by atoms with E-state index in [0.717, 1.165) is 10.5 Å². The Labute approximate surface area is 124 Å². The Bertz CT molecular complexity index is 773. The van der Waals surface area contributed by atoms with Gasteiger partial charge in [-0.1, -0.05) is 42.5 Å². The van der Waals surface area contributed by atoms with Gasteiger partial charge in [-0.05, 0) is 16.7 Å². The molecule has 1 saturated carbocycles. The van der Waals surface area contributed by atoms with Gasteiger partial charge in [-0.25, -0.2) is 8.78 Å². The minimum absolute atomic E-state index is 0.0406. The molecule has 0 N–H and O–H groups in total. The summed E-state index contributed by atoms with van der Waals surface area (Å²) in [6.45, 7) is 0.0406. The molecule has 1 aromatic rings. The van der Waals surface area contributed by atoms with Gasteiger partial charge in [-0.3, -0.25) is 0 Å². The molecule has 2 bridgehead atoms. The van der Waals surface area contributed by atoms with E-state index in [2.05, 4.69) is 0 Å². The van der Waals surface area contributed by atoms with Gasteiger partial charge in [-0.15, -0.1) is 0 Å². The summed E-state index contributed by atoms with van der Waals surface area (Å²) in [5, 5.41) is 0. The summed E-state index contributed by atoms with van der Waals surface area (Å²) in [4.78, 5) is 1.08. The van der Waals surface area contributed by atoms with Crippen molar-refractivity contribution in [3.8, 4) is 0 Å². The molecule has 112 valence electrons. The van der Waals surface area contributed by atoms with E-state index in [0.29, 0.717) is 0 Å². The van der Waals surface area contributed by atoms with Gasteiger partial charge in [0.2, 0.25) is 11.8 Å². The van der Waals surface area contributed by atoms with Crippen LogP contribution in [0, 0.1) is 0 Å². The number of allylic oxidation sites excluding steroid dienone is 4. The van der Waals surface area contributed by atoms with Crippen LogP contribution in [-0.4, -0.2) is 17.1 Å². The van der Waals surface area contributed by atoms with Crippen molar-refractivity contribution in [1.29, 1.82) is 0 Å². The molecule has 1 nitrogen and oxygen atoms in total. The van der Waals surface area contributed by atoms with E-state index in [-0.39, 0.29) is 23.3 Å². The highest BCUT2D eigenvalue weighted by molar-refractivity contribution is 5.66. The second kappa shape index (κ2) is 4.60. The van der Waals surface area contributed by atoms with Crippen LogP contribution in [0.25, 0.3) is 0 Å². The number of rotatable bonds is 2. The van der Waals surface area contributed by atoms with Crippen molar-refractivity contribution in [2.24, 2.45) is 0 Å². The number of nitrogens with zero attached hydrogens (tertiary/aromatic N) is 1. The molecule has 0 spiro atoms. The predicted octanol–water partition coefficient (Wildman–Crippen LogP) is 4.42. The first-order valence-corrected chi connectivity index (χ1v) is 6.91. The standard InChI is InChI=1S/C17H11F4N/c18-13-10-6-7-11(13)16-12(10)14(19)15(20)17(21)22(16)8-9-4-2-1-3-5-9/h1-7,13,16H,8H2. The van der Waals surface area contributed by atoms with E-state index in [1.54, 1.807) is 30.3 Å². The number of hydrogen-bond donors (Lipinski definition) is 0. The minimum Gasteiger partial charge on any atom is -0.331 e. The number of hydrogen-bond acceptors (Lipinski definition) is 1. The summed E-state index contributed by atoms with van der Waals surface area (Å²) in [7, 11) is 0. The van der Waals surface area contributed by atoms with Crippen molar-refractivity contribution in [3.05, 3.63) is 82.4 Å². The van der Waals surface area contributed by atoms with Crippen LogP contribution in [0.4, 0.5) is 17.6 Å². The monoisotopic (exact) mass is 305 g/mol. The Morgan fingerprint density at radius 1 is 0.955 bits per heavy atom. The van der Waals surface area contributed by atoms with Crippen LogP contribution in [0.3, 0.4) is 0 Å². The van der Waals surface area contributed by atoms with Crippen molar-refractivity contribution in [2.45, 2.75) is 18.8 Å². The fourth-order valence-corrected chi connectivity index (χ4v) is 3.29. The summed E-state index contributed by atoms with van der Waals surface area (Å²) in [6.07, 6.45) is 1.47. The maximum absolute atomic E-state index is 14.3. The lowest BCUT2D eigenvalue weighted by Crippen LogP contribution is -2.37. The third-order valence-electron chi connectivity index (χ3n) is 4.29. The lowest BCUT2D eigenvalue weighted by atomic mass is 9.96. The lowest BCUT2D eigenvalue weighted by Gasteiger charge is -2.34. The zero-order chi connectivity index (χ0) is 15.4. The molecule has 2 unspecified atom stereocenters. The number of fused-ring (bicyclic) bond motifs is 5. The molecule has 3 aliphatic rings. The van der Waals surface area contributed by atoms with Crippen LogP contribution in [0.15, 0.2) is 76.8 Å². The molecule has 2 atom stereocenters. The molecule has 1 heterocycles. The summed E-state index contributed by atoms with van der Waals surface area (Å²) >= 11 is 0. The van der Waals surface area contributed by atoms with Crippen molar-refractivity contribution >= 4 is 0 Å². The van der Waals surface area contributed by atoms with Crippen molar-refractivity contribution in [1.82, 2.24) is 4.90 Å². The zero-order valence-electron chi connectivity index (χ0n) is 11.4. The Morgan fingerprint density at radius 3 is 2.41 bits per heavy atom. The van der Waals surface area contributed by atoms with E-state index >= 15 is 0 Å². The van der Waals surface area contributed by atoms with E-state index in [4.69, 9.17) is 0 Å². The first-order chi connectivity index (χ1) is 10.6. The first-order valence-electron chi connectivity index (χ1n) is 6.91. The molecular formula is C17H11F4N. The second-order valence-corrected chi connectivity index (χ2v) is 5.50. The van der Waals surface area contributed by atoms with Crippen molar-refractivity contribution in [2.75, 3.05) is 0 Å². The van der Waals surface area contributed by atoms with Crippen LogP contribution >= 0.6 is 0 Å². The van der Waals surface area contributed by atoms with Gasteiger partial charge >= 0.3 is 0 Å². The Hall–Kier alpha value is -2.30. The predicted molar refractivity (Wildman–Crippen MR) is 74.2 cm³/mol. The summed E-state index contributed by atoms with van der Waals surface area (Å²) in [6, 6.07) is 7.96. The van der Waals surface area contributed by atoms with Gasteiger partial charge in [0.25, 0.3) is 0 Å². The average Bonchev–Trinajstić information content (AvgIpc) is 3.03. The van der Waals surface area contributed by atoms with Gasteiger partial charge in [0.05, 0.1) is 6.04 Å². The van der Waals surface area contributed by atoms with Gasteiger partial charge < -0.3 is 4.90 Å². The second-order valence-electron chi connectivity index (χ2n) is 5.50. The fraction of sp³-hybridized carbons (Fsp3) is 0.176. The molecular weight excluding hydrogens is 294 g/mol. The molecule has 1 aliphatic heterocycles. The molecule has 1 fully saturated rings. The fourth-order valence-electron chi connectivity index (χ4n) is 3.29. The summed E-state index contributed by atoms with van der Waals surface area (Å²) < 4.78 is 56.4. The molecule has 22 heavy (non-hydrogen) atoms. The highest BCUT2D eigenvalue weighted by atomic mass is 19.2. The quantitative estimate of drug-likeness (QED) is 0.577. The molecule has 4 rings (SSSR count). The van der Waals surface area contributed by atoms with Crippen LogP contribution in [0.1, 0.15) is 5.56 Å². The third-order valence-corrected chi connectivity index (χ3v) is 4.29. The smallest absolute Gasteiger partial charge is 0.229 e. The van der Waals surface area contributed by atoms with Crippen LogP contribution in [0.2, 0.25) is 0 Å². The van der Waals surface area contributed by atoms with Gasteiger partial charge in [0, 0.05) is 12.1 Å². The van der Waals surface area contributed by atoms with Gasteiger partial charge in [-0.2, -0.15) is 8.78 Å². The highest BCUT2D eigenvalue weighted by Gasteiger charge is 2.50. The van der Waals surface area contributed by atoms with Crippen molar-refractivity contribution in [3.63, 3.8) is 0 Å². The van der Waals surface area contributed by atoms with E-state index < -0.39 is 29.8 Å². The highest BCUT2D eigenvalue weighted by Crippen LogP contribution is 2.51. The SMILES string of the molecule is FC1=C2C3=CC=C(C3F)C2N(Cc2ccccc2)C(F)=C1F. The lowest BCUT2D eigenvalue weighted by molar-refractivity contribution is 0.208. The largest absolute Gasteiger partial charge is 0.331 e. The van der Waals surface area contributed by atoms with Crippen LogP contribution in [-0.2, 0) is 6.54 Å². The number of alkyl halides is 1. The van der Waals surface area contributed by atoms with Gasteiger partial charge in [0.15, 0.2) is 5.83 Å².